The second kappa shape index (κ2) is 6.08. The highest BCUT2D eigenvalue weighted by Gasteiger charge is 2.20. The third-order valence-electron chi connectivity index (χ3n) is 2.96. The zero-order valence-electron chi connectivity index (χ0n) is 11.2. The smallest absolute Gasteiger partial charge is 0.300 e. The van der Waals surface area contributed by atoms with Crippen LogP contribution in [-0.4, -0.2) is 20.4 Å². The summed E-state index contributed by atoms with van der Waals surface area (Å²) in [5, 5.41) is 0.499. The molecular formula is C14H9Cl3N2O2S. The van der Waals surface area contributed by atoms with E-state index in [-0.39, 0.29) is 26.8 Å². The summed E-state index contributed by atoms with van der Waals surface area (Å²) >= 11 is 18.4. The molecule has 0 amide bonds. The summed E-state index contributed by atoms with van der Waals surface area (Å²) in [7, 11) is -1.33. The molecule has 1 unspecified atom stereocenters. The first-order chi connectivity index (χ1) is 10.5. The van der Waals surface area contributed by atoms with Crippen molar-refractivity contribution in [2.75, 3.05) is 6.26 Å². The minimum Gasteiger partial charge on any atom is -0.422 e. The topological polar surface area (TPSA) is 55.0 Å². The second-order valence-corrected chi connectivity index (χ2v) is 6.94. The van der Waals surface area contributed by atoms with Crippen LogP contribution in [0.15, 0.2) is 35.2 Å². The Balaban J connectivity index is 2.09. The Morgan fingerprint density at radius 2 is 1.91 bits per heavy atom. The summed E-state index contributed by atoms with van der Waals surface area (Å²) in [6.07, 6.45) is 1.50. The first-order valence-electron chi connectivity index (χ1n) is 6.11. The lowest BCUT2D eigenvalue weighted by molar-refractivity contribution is 0.448. The highest BCUT2D eigenvalue weighted by Crippen LogP contribution is 2.43. The molecule has 0 saturated carbocycles. The highest BCUT2D eigenvalue weighted by molar-refractivity contribution is 7.84. The Morgan fingerprint density at radius 1 is 1.18 bits per heavy atom. The Morgan fingerprint density at radius 3 is 2.59 bits per heavy atom. The van der Waals surface area contributed by atoms with E-state index in [0.29, 0.717) is 4.90 Å². The van der Waals surface area contributed by atoms with Crippen LogP contribution in [-0.2, 0) is 10.8 Å². The number of fused-ring (bicyclic) bond motifs is 1. The van der Waals surface area contributed by atoms with Crippen molar-refractivity contribution < 1.29 is 8.95 Å². The fraction of sp³-hybridized carbons (Fsp3) is 0.0714. The minimum absolute atomic E-state index is 0.125. The van der Waals surface area contributed by atoms with E-state index >= 15 is 0 Å². The number of H-pyrrole nitrogens is 1. The molecule has 1 N–H and O–H groups in total. The number of hydrogen-bond acceptors (Lipinski definition) is 3. The van der Waals surface area contributed by atoms with Gasteiger partial charge in [0.1, 0.15) is 10.0 Å². The summed E-state index contributed by atoms with van der Waals surface area (Å²) in [5.41, 5.74) is 1.55. The lowest BCUT2D eigenvalue weighted by atomic mass is 10.3. The van der Waals surface area contributed by atoms with Crippen LogP contribution in [0.5, 0.6) is 11.8 Å². The summed E-state index contributed by atoms with van der Waals surface area (Å²) in [4.78, 5) is 7.63. The Hall–Kier alpha value is -1.27. The third kappa shape index (κ3) is 2.82. The van der Waals surface area contributed by atoms with E-state index in [1.807, 2.05) is 24.3 Å². The van der Waals surface area contributed by atoms with Crippen molar-refractivity contribution in [3.05, 3.63) is 45.4 Å². The van der Waals surface area contributed by atoms with Crippen LogP contribution in [0.4, 0.5) is 0 Å². The molecule has 0 aliphatic rings. The number of imidazole rings is 1. The van der Waals surface area contributed by atoms with Crippen molar-refractivity contribution in [1.82, 2.24) is 9.97 Å². The summed E-state index contributed by atoms with van der Waals surface area (Å²) in [5.74, 6) is 0.125. The van der Waals surface area contributed by atoms with Gasteiger partial charge in [0.15, 0.2) is 5.75 Å². The third-order valence-corrected chi connectivity index (χ3v) is 5.16. The quantitative estimate of drug-likeness (QED) is 0.651. The molecule has 0 radical (unpaired) electrons. The number of hydrogen-bond donors (Lipinski definition) is 1. The van der Waals surface area contributed by atoms with Crippen molar-refractivity contribution in [2.45, 2.75) is 4.90 Å². The number of nitrogens with one attached hydrogen (secondary N) is 1. The van der Waals surface area contributed by atoms with E-state index in [1.54, 1.807) is 0 Å². The number of nitrogens with zero attached hydrogens (tertiary/aromatic N) is 1. The van der Waals surface area contributed by atoms with Crippen LogP contribution < -0.4 is 4.74 Å². The van der Waals surface area contributed by atoms with Crippen LogP contribution in [0, 0.1) is 0 Å². The van der Waals surface area contributed by atoms with E-state index in [4.69, 9.17) is 39.5 Å². The van der Waals surface area contributed by atoms with Gasteiger partial charge in [0.05, 0.1) is 31.8 Å². The SMILES string of the molecule is CS(=O)c1cc(Cl)c(Cl)c(Oc2nc3ccccc3[nH]2)c1Cl. The van der Waals surface area contributed by atoms with Gasteiger partial charge in [-0.25, -0.2) is 0 Å². The van der Waals surface area contributed by atoms with Crippen molar-refractivity contribution >= 4 is 56.6 Å². The van der Waals surface area contributed by atoms with Gasteiger partial charge in [-0.1, -0.05) is 46.9 Å². The van der Waals surface area contributed by atoms with E-state index in [1.165, 1.54) is 12.3 Å². The molecule has 8 heteroatoms. The largest absolute Gasteiger partial charge is 0.422 e. The van der Waals surface area contributed by atoms with Gasteiger partial charge in [0, 0.05) is 6.26 Å². The predicted molar refractivity (Wildman–Crippen MR) is 90.0 cm³/mol. The monoisotopic (exact) mass is 374 g/mol. The lowest BCUT2D eigenvalue weighted by Gasteiger charge is -2.11. The molecule has 1 aromatic heterocycles. The molecule has 1 heterocycles. The standard InChI is InChI=1S/C14H9Cl3N2O2S/c1-22(20)10-6-7(15)11(16)13(12(10)17)21-14-18-8-4-2-3-5-9(8)19-14/h2-6H,1H3,(H,18,19). The molecule has 0 saturated heterocycles. The Labute approximate surface area is 143 Å². The maximum absolute atomic E-state index is 11.7. The lowest BCUT2D eigenvalue weighted by Crippen LogP contribution is -1.95. The normalized spacial score (nSPS) is 12.5. The molecule has 4 nitrogen and oxygen atoms in total. The number of rotatable bonds is 3. The molecule has 0 aliphatic carbocycles. The summed E-state index contributed by atoms with van der Waals surface area (Å²) < 4.78 is 17.4. The van der Waals surface area contributed by atoms with Gasteiger partial charge >= 0.3 is 0 Å². The van der Waals surface area contributed by atoms with Gasteiger partial charge < -0.3 is 9.72 Å². The molecule has 0 spiro atoms. The van der Waals surface area contributed by atoms with Crippen LogP contribution in [0.2, 0.25) is 15.1 Å². The first-order valence-corrected chi connectivity index (χ1v) is 8.80. The van der Waals surface area contributed by atoms with E-state index in [9.17, 15) is 4.21 Å². The molecular weight excluding hydrogens is 367 g/mol. The Kier molecular flexibility index (Phi) is 4.32. The van der Waals surface area contributed by atoms with E-state index < -0.39 is 10.8 Å². The molecule has 0 fully saturated rings. The van der Waals surface area contributed by atoms with E-state index in [2.05, 4.69) is 9.97 Å². The average molecular weight is 376 g/mol. The summed E-state index contributed by atoms with van der Waals surface area (Å²) in [6, 6.07) is 9.13. The highest BCUT2D eigenvalue weighted by atomic mass is 35.5. The van der Waals surface area contributed by atoms with Gasteiger partial charge in [0.25, 0.3) is 6.01 Å². The fourth-order valence-electron chi connectivity index (χ4n) is 1.93. The average Bonchev–Trinajstić information content (AvgIpc) is 2.89. The zero-order chi connectivity index (χ0) is 15.9. The molecule has 2 aromatic carbocycles. The summed E-state index contributed by atoms with van der Waals surface area (Å²) in [6.45, 7) is 0. The van der Waals surface area contributed by atoms with Crippen LogP contribution in [0.1, 0.15) is 0 Å². The first kappa shape index (κ1) is 15.6. The van der Waals surface area contributed by atoms with Crippen LogP contribution >= 0.6 is 34.8 Å². The van der Waals surface area contributed by atoms with E-state index in [0.717, 1.165) is 11.0 Å². The molecule has 3 rings (SSSR count). The number of para-hydroxylation sites is 2. The van der Waals surface area contributed by atoms with Crippen molar-refractivity contribution in [2.24, 2.45) is 0 Å². The van der Waals surface area contributed by atoms with Crippen LogP contribution in [0.3, 0.4) is 0 Å². The second-order valence-electron chi connectivity index (χ2n) is 4.43. The van der Waals surface area contributed by atoms with Crippen molar-refractivity contribution in [1.29, 1.82) is 0 Å². The molecule has 0 bridgehead atoms. The molecule has 22 heavy (non-hydrogen) atoms. The fourth-order valence-corrected chi connectivity index (χ4v) is 3.57. The number of halogens is 3. The molecule has 0 aliphatic heterocycles. The van der Waals surface area contributed by atoms with Gasteiger partial charge in [-0.3, -0.25) is 4.21 Å². The molecule has 114 valence electrons. The van der Waals surface area contributed by atoms with Gasteiger partial charge in [-0.2, -0.15) is 4.98 Å². The molecule has 1 atom stereocenters. The van der Waals surface area contributed by atoms with Gasteiger partial charge in [-0.15, -0.1) is 0 Å². The predicted octanol–water partition coefficient (Wildman–Crippen LogP) is 5.05. The molecule has 3 aromatic rings. The van der Waals surface area contributed by atoms with Gasteiger partial charge in [0.2, 0.25) is 0 Å². The minimum atomic E-state index is -1.33. The zero-order valence-corrected chi connectivity index (χ0v) is 14.3. The number of benzene rings is 2. The van der Waals surface area contributed by atoms with Crippen molar-refractivity contribution in [3.63, 3.8) is 0 Å². The maximum Gasteiger partial charge on any atom is 0.300 e. The number of ether oxygens (including phenoxy) is 1. The van der Waals surface area contributed by atoms with Crippen molar-refractivity contribution in [3.8, 4) is 11.8 Å². The van der Waals surface area contributed by atoms with Gasteiger partial charge in [-0.05, 0) is 18.2 Å². The Bertz CT molecular complexity index is 862. The maximum atomic E-state index is 11.7. The van der Waals surface area contributed by atoms with Crippen LogP contribution in [0.25, 0.3) is 11.0 Å². The number of aromatic amines is 1. The number of aromatic nitrogens is 2.